The first-order valence-corrected chi connectivity index (χ1v) is 12.4. The Balaban J connectivity index is 2.00. The highest BCUT2D eigenvalue weighted by Gasteiger charge is 2.32. The van der Waals surface area contributed by atoms with Crippen LogP contribution in [-0.4, -0.2) is 28.3 Å². The molecule has 3 aromatic rings. The van der Waals surface area contributed by atoms with Crippen LogP contribution in [0.1, 0.15) is 43.0 Å². The number of hydrogen-bond acceptors (Lipinski definition) is 2. The van der Waals surface area contributed by atoms with Gasteiger partial charge in [-0.05, 0) is 56.5 Å². The van der Waals surface area contributed by atoms with Gasteiger partial charge in [0.05, 0.1) is 16.5 Å². The molecule has 0 heterocycles. The summed E-state index contributed by atoms with van der Waals surface area (Å²) >= 11 is 12.4. The van der Waals surface area contributed by atoms with E-state index in [9.17, 15) is 9.59 Å². The second-order valence-corrected chi connectivity index (χ2v) is 10.7. The number of nitrogens with one attached hydrogen (secondary N) is 1. The van der Waals surface area contributed by atoms with E-state index >= 15 is 0 Å². The number of nitrogens with zero attached hydrogens (tertiary/aromatic N) is 1. The number of halogens is 2. The summed E-state index contributed by atoms with van der Waals surface area (Å²) in [7, 11) is 0. The predicted octanol–water partition coefficient (Wildman–Crippen LogP) is 6.40. The van der Waals surface area contributed by atoms with E-state index in [1.165, 1.54) is 0 Å². The van der Waals surface area contributed by atoms with Gasteiger partial charge in [0.15, 0.2) is 0 Å². The van der Waals surface area contributed by atoms with Gasteiger partial charge in [0.2, 0.25) is 11.8 Å². The second kappa shape index (κ2) is 11.7. The Morgan fingerprint density at radius 1 is 0.857 bits per heavy atom. The largest absolute Gasteiger partial charge is 0.350 e. The molecular weight excluding hydrogens is 479 g/mol. The van der Waals surface area contributed by atoms with Crippen LogP contribution in [-0.2, 0) is 29.0 Å². The molecule has 3 aromatic carbocycles. The first kappa shape index (κ1) is 26.8. The molecule has 0 aliphatic carbocycles. The van der Waals surface area contributed by atoms with Gasteiger partial charge in [-0.1, -0.05) is 89.4 Å². The third kappa shape index (κ3) is 8.12. The molecule has 0 saturated heterocycles. The van der Waals surface area contributed by atoms with Crippen molar-refractivity contribution < 1.29 is 9.59 Å². The number of rotatable bonds is 8. The zero-order valence-electron chi connectivity index (χ0n) is 20.6. The van der Waals surface area contributed by atoms with Crippen molar-refractivity contribution in [2.75, 3.05) is 0 Å². The van der Waals surface area contributed by atoms with Crippen molar-refractivity contribution >= 4 is 35.0 Å². The number of benzene rings is 3. The van der Waals surface area contributed by atoms with Crippen LogP contribution in [0, 0.1) is 6.92 Å². The minimum absolute atomic E-state index is 0.134. The molecule has 0 aromatic heterocycles. The molecule has 0 aliphatic heterocycles. The SMILES string of the molecule is Cc1ccc(CC(=O)N(Cc2ccc(Cl)c(Cl)c2)C(Cc2ccccc2)C(=O)NC(C)(C)C)cc1. The van der Waals surface area contributed by atoms with Crippen LogP contribution in [0.3, 0.4) is 0 Å². The van der Waals surface area contributed by atoms with Crippen LogP contribution in [0.2, 0.25) is 10.0 Å². The van der Waals surface area contributed by atoms with Crippen molar-refractivity contribution in [3.8, 4) is 0 Å². The van der Waals surface area contributed by atoms with Crippen molar-refractivity contribution in [3.63, 3.8) is 0 Å². The third-order valence-electron chi connectivity index (χ3n) is 5.58. The average Bonchev–Trinajstić information content (AvgIpc) is 2.79. The van der Waals surface area contributed by atoms with Gasteiger partial charge in [0.1, 0.15) is 6.04 Å². The number of hydrogen-bond donors (Lipinski definition) is 1. The number of aryl methyl sites for hydroxylation is 1. The lowest BCUT2D eigenvalue weighted by molar-refractivity contribution is -0.141. The van der Waals surface area contributed by atoms with Gasteiger partial charge in [-0.15, -0.1) is 0 Å². The first-order chi connectivity index (χ1) is 16.5. The van der Waals surface area contributed by atoms with Crippen LogP contribution in [0.25, 0.3) is 0 Å². The molecule has 0 spiro atoms. The van der Waals surface area contributed by atoms with Gasteiger partial charge in [0, 0.05) is 18.5 Å². The van der Waals surface area contributed by atoms with Crippen molar-refractivity contribution in [2.45, 2.75) is 58.7 Å². The lowest BCUT2D eigenvalue weighted by Crippen LogP contribution is -2.54. The van der Waals surface area contributed by atoms with E-state index in [1.807, 2.05) is 88.4 Å². The predicted molar refractivity (Wildman–Crippen MR) is 144 cm³/mol. The van der Waals surface area contributed by atoms with Gasteiger partial charge < -0.3 is 10.2 Å². The van der Waals surface area contributed by atoms with Gasteiger partial charge in [-0.25, -0.2) is 0 Å². The maximum absolute atomic E-state index is 13.7. The molecule has 0 saturated carbocycles. The molecule has 0 radical (unpaired) electrons. The summed E-state index contributed by atoms with van der Waals surface area (Å²) < 4.78 is 0. The topological polar surface area (TPSA) is 49.4 Å². The fourth-order valence-electron chi connectivity index (χ4n) is 3.82. The monoisotopic (exact) mass is 510 g/mol. The summed E-state index contributed by atoms with van der Waals surface area (Å²) in [5, 5.41) is 3.93. The highest BCUT2D eigenvalue weighted by molar-refractivity contribution is 6.42. The summed E-state index contributed by atoms with van der Waals surface area (Å²) in [4.78, 5) is 29.0. The quantitative estimate of drug-likeness (QED) is 0.381. The molecule has 4 nitrogen and oxygen atoms in total. The highest BCUT2D eigenvalue weighted by Crippen LogP contribution is 2.25. The maximum atomic E-state index is 13.7. The summed E-state index contributed by atoms with van der Waals surface area (Å²) in [5.74, 6) is -0.330. The summed E-state index contributed by atoms with van der Waals surface area (Å²) in [5.41, 5.74) is 3.36. The summed E-state index contributed by atoms with van der Waals surface area (Å²) in [6, 6.07) is 22.2. The fraction of sp³-hybridized carbons (Fsp3) is 0.310. The minimum atomic E-state index is -0.705. The van der Waals surface area contributed by atoms with E-state index in [0.717, 1.165) is 22.3 Å². The zero-order chi connectivity index (χ0) is 25.6. The molecule has 0 aliphatic rings. The normalized spacial score (nSPS) is 12.2. The van der Waals surface area contributed by atoms with Crippen molar-refractivity contribution in [3.05, 3.63) is 105 Å². The van der Waals surface area contributed by atoms with Crippen LogP contribution in [0.15, 0.2) is 72.8 Å². The molecule has 0 fully saturated rings. The average molecular weight is 511 g/mol. The molecule has 6 heteroatoms. The smallest absolute Gasteiger partial charge is 0.243 e. The Kier molecular flexibility index (Phi) is 8.98. The Bertz CT molecular complexity index is 1160. The van der Waals surface area contributed by atoms with Gasteiger partial charge >= 0.3 is 0 Å². The molecule has 184 valence electrons. The van der Waals surface area contributed by atoms with Crippen LogP contribution in [0.5, 0.6) is 0 Å². The Morgan fingerprint density at radius 2 is 1.49 bits per heavy atom. The zero-order valence-corrected chi connectivity index (χ0v) is 22.2. The summed E-state index contributed by atoms with van der Waals surface area (Å²) in [6.45, 7) is 8.04. The van der Waals surface area contributed by atoms with Crippen LogP contribution >= 0.6 is 23.2 Å². The molecule has 1 atom stereocenters. The summed E-state index contributed by atoms with van der Waals surface area (Å²) in [6.07, 6.45) is 0.583. The molecule has 35 heavy (non-hydrogen) atoms. The van der Waals surface area contributed by atoms with E-state index in [2.05, 4.69) is 5.32 Å². The molecule has 3 rings (SSSR count). The van der Waals surface area contributed by atoms with Crippen LogP contribution in [0.4, 0.5) is 0 Å². The van der Waals surface area contributed by atoms with E-state index in [-0.39, 0.29) is 24.8 Å². The number of amides is 2. The van der Waals surface area contributed by atoms with Crippen molar-refractivity contribution in [2.24, 2.45) is 0 Å². The van der Waals surface area contributed by atoms with E-state index in [0.29, 0.717) is 16.5 Å². The molecular formula is C29H32Cl2N2O2. The van der Waals surface area contributed by atoms with E-state index < -0.39 is 11.6 Å². The molecule has 1 unspecified atom stereocenters. The van der Waals surface area contributed by atoms with Crippen molar-refractivity contribution in [1.82, 2.24) is 10.2 Å². The maximum Gasteiger partial charge on any atom is 0.243 e. The number of carbonyl (C=O) groups is 2. The van der Waals surface area contributed by atoms with Crippen LogP contribution < -0.4 is 5.32 Å². The lowest BCUT2D eigenvalue weighted by Gasteiger charge is -2.34. The molecule has 2 amide bonds. The standard InChI is InChI=1S/C29H32Cl2N2O2/c1-20-10-12-22(13-11-20)18-27(34)33(19-23-14-15-24(30)25(31)16-23)26(28(35)32-29(2,3)4)17-21-8-6-5-7-9-21/h5-16,26H,17-19H2,1-4H3,(H,32,35). The molecule has 0 bridgehead atoms. The second-order valence-electron chi connectivity index (χ2n) is 9.88. The van der Waals surface area contributed by atoms with Gasteiger partial charge in [0.25, 0.3) is 0 Å². The first-order valence-electron chi connectivity index (χ1n) is 11.7. The Morgan fingerprint density at radius 3 is 2.09 bits per heavy atom. The van der Waals surface area contributed by atoms with E-state index in [1.54, 1.807) is 17.0 Å². The highest BCUT2D eigenvalue weighted by atomic mass is 35.5. The fourth-order valence-corrected chi connectivity index (χ4v) is 4.14. The third-order valence-corrected chi connectivity index (χ3v) is 6.32. The molecule has 1 N–H and O–H groups in total. The van der Waals surface area contributed by atoms with Crippen molar-refractivity contribution in [1.29, 1.82) is 0 Å². The Labute approximate surface area is 218 Å². The minimum Gasteiger partial charge on any atom is -0.350 e. The lowest BCUT2D eigenvalue weighted by atomic mass is 9.99. The van der Waals surface area contributed by atoms with Gasteiger partial charge in [-0.3, -0.25) is 9.59 Å². The number of carbonyl (C=O) groups excluding carboxylic acids is 2. The Hall–Kier alpha value is -2.82. The van der Waals surface area contributed by atoms with Gasteiger partial charge in [-0.2, -0.15) is 0 Å². The van der Waals surface area contributed by atoms with E-state index in [4.69, 9.17) is 23.2 Å².